The molecule has 0 saturated heterocycles. The molecule has 2 aromatic carbocycles. The van der Waals surface area contributed by atoms with E-state index >= 15 is 0 Å². The third kappa shape index (κ3) is 5.27. The summed E-state index contributed by atoms with van der Waals surface area (Å²) in [7, 11) is 0. The van der Waals surface area contributed by atoms with Crippen LogP contribution in [-0.2, 0) is 24.3 Å². The Morgan fingerprint density at radius 2 is 1.69 bits per heavy atom. The van der Waals surface area contributed by atoms with Crippen molar-refractivity contribution in [1.29, 1.82) is 0 Å². The fraction of sp³-hybridized carbons (Fsp3) is 0.231. The van der Waals surface area contributed by atoms with Gasteiger partial charge in [0.2, 0.25) is 5.91 Å². The Balaban J connectivity index is 1.65. The number of carbonyl (C=O) groups excluding carboxylic acids is 1. The summed E-state index contributed by atoms with van der Waals surface area (Å²) in [4.78, 5) is 24.2. The molecule has 4 aromatic rings. The molecule has 1 amide bonds. The number of aryl methyl sites for hydroxylation is 3. The van der Waals surface area contributed by atoms with Crippen molar-refractivity contribution < 1.29 is 9.32 Å². The van der Waals surface area contributed by atoms with E-state index in [0.717, 1.165) is 28.1 Å². The molecule has 4 rings (SSSR count). The molecule has 2 aromatic heterocycles. The molecule has 0 aliphatic rings. The number of benzene rings is 2. The first-order valence-electron chi connectivity index (χ1n) is 10.6. The molecule has 0 aliphatic heterocycles. The minimum absolute atomic E-state index is 0.0358. The maximum absolute atomic E-state index is 13.4. The van der Waals surface area contributed by atoms with Gasteiger partial charge in [0, 0.05) is 18.8 Å². The van der Waals surface area contributed by atoms with Gasteiger partial charge in [-0.15, -0.1) is 0 Å². The lowest BCUT2D eigenvalue weighted by Gasteiger charge is -2.24. The van der Waals surface area contributed by atoms with Gasteiger partial charge in [-0.2, -0.15) is 0 Å². The number of aromatic nitrogens is 3. The number of carbonyl (C=O) groups is 1. The van der Waals surface area contributed by atoms with Crippen molar-refractivity contribution >= 4 is 5.91 Å². The van der Waals surface area contributed by atoms with Crippen molar-refractivity contribution in [3.05, 3.63) is 101 Å². The van der Waals surface area contributed by atoms with Crippen LogP contribution in [0.4, 0.5) is 0 Å². The minimum Gasteiger partial charge on any atom is -0.356 e. The van der Waals surface area contributed by atoms with Crippen LogP contribution in [0, 0.1) is 20.8 Å². The molecule has 162 valence electrons. The highest BCUT2D eigenvalue weighted by Crippen LogP contribution is 2.25. The lowest BCUT2D eigenvalue weighted by molar-refractivity contribution is -0.131. The number of hydrogen-bond donors (Lipinski definition) is 0. The highest BCUT2D eigenvalue weighted by atomic mass is 16.5. The lowest BCUT2D eigenvalue weighted by atomic mass is 10.1. The Morgan fingerprint density at radius 1 is 0.938 bits per heavy atom. The fourth-order valence-electron chi connectivity index (χ4n) is 3.54. The van der Waals surface area contributed by atoms with E-state index < -0.39 is 0 Å². The van der Waals surface area contributed by atoms with Crippen molar-refractivity contribution in [1.82, 2.24) is 20.0 Å². The zero-order valence-electron chi connectivity index (χ0n) is 18.6. The van der Waals surface area contributed by atoms with Crippen LogP contribution in [0.3, 0.4) is 0 Å². The Kier molecular flexibility index (Phi) is 6.40. The van der Waals surface area contributed by atoms with E-state index in [0.29, 0.717) is 31.1 Å². The summed E-state index contributed by atoms with van der Waals surface area (Å²) in [5.41, 5.74) is 5.49. The first-order valence-corrected chi connectivity index (χ1v) is 10.6. The monoisotopic (exact) mass is 426 g/mol. The van der Waals surface area contributed by atoms with E-state index in [9.17, 15) is 4.79 Å². The molecule has 0 saturated carbocycles. The Hall–Kier alpha value is -3.80. The molecule has 0 bridgehead atoms. The van der Waals surface area contributed by atoms with Crippen LogP contribution in [0.25, 0.3) is 11.3 Å². The van der Waals surface area contributed by atoms with Crippen molar-refractivity contribution in [3.63, 3.8) is 0 Å². The molecule has 0 radical (unpaired) electrons. The van der Waals surface area contributed by atoms with Gasteiger partial charge < -0.3 is 9.42 Å². The second-order valence-corrected chi connectivity index (χ2v) is 8.01. The van der Waals surface area contributed by atoms with E-state index in [-0.39, 0.29) is 5.91 Å². The van der Waals surface area contributed by atoms with Crippen LogP contribution in [0.5, 0.6) is 0 Å². The van der Waals surface area contributed by atoms with Gasteiger partial charge in [0.15, 0.2) is 5.76 Å². The summed E-state index contributed by atoms with van der Waals surface area (Å²) >= 11 is 0. The molecule has 6 heteroatoms. The molecule has 6 nitrogen and oxygen atoms in total. The second kappa shape index (κ2) is 9.56. The molecule has 0 unspecified atom stereocenters. The van der Waals surface area contributed by atoms with Crippen molar-refractivity contribution in [3.8, 4) is 11.3 Å². The van der Waals surface area contributed by atoms with E-state index in [1.54, 1.807) is 6.20 Å². The summed E-state index contributed by atoms with van der Waals surface area (Å²) < 4.78 is 5.46. The van der Waals surface area contributed by atoms with Crippen LogP contribution in [0.2, 0.25) is 0 Å². The van der Waals surface area contributed by atoms with Gasteiger partial charge in [-0.1, -0.05) is 65.3 Å². The summed E-state index contributed by atoms with van der Waals surface area (Å²) in [6.45, 7) is 6.59. The molecule has 0 aliphatic carbocycles. The molecular weight excluding hydrogens is 400 g/mol. The average Bonchev–Trinajstić information content (AvgIpc) is 3.21. The molecule has 0 fully saturated rings. The fourth-order valence-corrected chi connectivity index (χ4v) is 3.54. The molecule has 32 heavy (non-hydrogen) atoms. The third-order valence-electron chi connectivity index (χ3n) is 5.27. The first-order chi connectivity index (χ1) is 15.5. The molecule has 0 atom stereocenters. The van der Waals surface area contributed by atoms with Crippen molar-refractivity contribution in [2.24, 2.45) is 0 Å². The minimum atomic E-state index is 0.0358. The van der Waals surface area contributed by atoms with Crippen molar-refractivity contribution in [2.75, 3.05) is 0 Å². The van der Waals surface area contributed by atoms with Crippen molar-refractivity contribution in [2.45, 2.75) is 40.3 Å². The van der Waals surface area contributed by atoms with Gasteiger partial charge in [0.05, 0.1) is 29.9 Å². The maximum Gasteiger partial charge on any atom is 0.227 e. The van der Waals surface area contributed by atoms with Gasteiger partial charge in [0.25, 0.3) is 0 Å². The topological polar surface area (TPSA) is 72.1 Å². The van der Waals surface area contributed by atoms with Gasteiger partial charge in [0.1, 0.15) is 5.82 Å². The summed E-state index contributed by atoms with van der Waals surface area (Å²) in [6, 6.07) is 19.9. The molecular formula is C26H26N4O2. The smallest absolute Gasteiger partial charge is 0.227 e. The van der Waals surface area contributed by atoms with E-state index in [2.05, 4.69) is 15.1 Å². The highest BCUT2D eigenvalue weighted by molar-refractivity contribution is 5.79. The number of rotatable bonds is 7. The van der Waals surface area contributed by atoms with Crippen LogP contribution in [-0.4, -0.2) is 25.9 Å². The van der Waals surface area contributed by atoms with E-state index in [1.165, 1.54) is 5.56 Å². The van der Waals surface area contributed by atoms with Gasteiger partial charge in [-0.25, -0.2) is 9.97 Å². The van der Waals surface area contributed by atoms with Gasteiger partial charge in [-0.3, -0.25) is 4.79 Å². The lowest BCUT2D eigenvalue weighted by Crippen LogP contribution is -2.32. The first kappa shape index (κ1) is 21.4. The predicted octanol–water partition coefficient (Wildman–Crippen LogP) is 4.83. The number of hydrogen-bond acceptors (Lipinski definition) is 5. The normalized spacial score (nSPS) is 10.8. The van der Waals surface area contributed by atoms with E-state index in [1.807, 2.05) is 86.3 Å². The SMILES string of the molecule is Cc1ccc(CC(=O)N(Cc2ccccc2)Cc2nc(C)ncc2-c2cc(C)no2)cc1. The number of amides is 1. The van der Waals surface area contributed by atoms with E-state index in [4.69, 9.17) is 4.52 Å². The quantitative estimate of drug-likeness (QED) is 0.423. The zero-order chi connectivity index (χ0) is 22.5. The molecule has 0 spiro atoms. The van der Waals surface area contributed by atoms with Gasteiger partial charge in [-0.05, 0) is 31.9 Å². The van der Waals surface area contributed by atoms with Crippen LogP contribution >= 0.6 is 0 Å². The Labute approximate surface area is 187 Å². The van der Waals surface area contributed by atoms with Crippen LogP contribution in [0.15, 0.2) is 71.4 Å². The summed E-state index contributed by atoms with van der Waals surface area (Å²) in [5.74, 6) is 1.28. The predicted molar refractivity (Wildman–Crippen MR) is 123 cm³/mol. The van der Waals surface area contributed by atoms with Crippen LogP contribution in [0.1, 0.15) is 33.9 Å². The highest BCUT2D eigenvalue weighted by Gasteiger charge is 2.20. The Morgan fingerprint density at radius 3 is 2.38 bits per heavy atom. The standard InChI is InChI=1S/C26H26N4O2/c1-18-9-11-21(12-10-18)14-26(31)30(16-22-7-5-4-6-8-22)17-24-23(15-27-20(3)28-24)25-13-19(2)29-32-25/h4-13,15H,14,16-17H2,1-3H3. The summed E-state index contributed by atoms with van der Waals surface area (Å²) in [5, 5.41) is 3.99. The third-order valence-corrected chi connectivity index (χ3v) is 5.27. The average molecular weight is 427 g/mol. The van der Waals surface area contributed by atoms with Crippen LogP contribution < -0.4 is 0 Å². The summed E-state index contributed by atoms with van der Waals surface area (Å²) in [6.07, 6.45) is 2.07. The number of nitrogens with zero attached hydrogens (tertiary/aromatic N) is 4. The van der Waals surface area contributed by atoms with Gasteiger partial charge >= 0.3 is 0 Å². The Bertz CT molecular complexity index is 1200. The zero-order valence-corrected chi connectivity index (χ0v) is 18.6. The molecule has 2 heterocycles. The second-order valence-electron chi connectivity index (χ2n) is 8.01. The maximum atomic E-state index is 13.4. The molecule has 0 N–H and O–H groups in total. The largest absolute Gasteiger partial charge is 0.356 e.